The van der Waals surface area contributed by atoms with Crippen molar-refractivity contribution in [3.63, 3.8) is 0 Å². The Labute approximate surface area is 589 Å². The predicted octanol–water partition coefficient (Wildman–Crippen LogP) is 20.0. The summed E-state index contributed by atoms with van der Waals surface area (Å²) in [6, 6.07) is 34.0. The Hall–Kier alpha value is -8.13. The molecule has 0 saturated heterocycles. The summed E-state index contributed by atoms with van der Waals surface area (Å²) in [7, 11) is 1.61. The first-order valence-electron chi connectivity index (χ1n) is 34.9. The second-order valence-corrected chi connectivity index (χ2v) is 31.6. The van der Waals surface area contributed by atoms with Gasteiger partial charge in [-0.05, 0) is 216 Å². The van der Waals surface area contributed by atoms with Crippen molar-refractivity contribution >= 4 is 40.8 Å². The third-order valence-corrected chi connectivity index (χ3v) is 16.0. The van der Waals surface area contributed by atoms with Crippen molar-refractivity contribution < 1.29 is 53.4 Å². The molecule has 6 N–H and O–H groups in total. The largest absolute Gasteiger partial charge is 0.507 e. The van der Waals surface area contributed by atoms with Gasteiger partial charge in [-0.1, -0.05) is 180 Å². The number of benzene rings is 6. The van der Waals surface area contributed by atoms with Crippen LogP contribution in [0.5, 0.6) is 34.5 Å². The van der Waals surface area contributed by atoms with E-state index in [1.54, 1.807) is 52.1 Å². The van der Waals surface area contributed by atoms with Gasteiger partial charge in [-0.2, -0.15) is 0 Å². The monoisotopic (exact) mass is 1350 g/mol. The van der Waals surface area contributed by atoms with E-state index in [4.69, 9.17) is 18.9 Å². The summed E-state index contributed by atoms with van der Waals surface area (Å²) in [5.74, 6) is 3.60. The fraction of sp³-hybridized carbons (Fsp3) is 0.512. The lowest BCUT2D eigenvalue weighted by atomic mass is 9.78. The number of aryl methyl sites for hydroxylation is 3. The van der Waals surface area contributed by atoms with Gasteiger partial charge in [0.25, 0.3) is 0 Å². The Morgan fingerprint density at radius 2 is 0.745 bits per heavy atom. The van der Waals surface area contributed by atoms with Crippen molar-refractivity contribution in [3.8, 4) is 34.5 Å². The maximum absolute atomic E-state index is 12.6. The molecule has 0 saturated carbocycles. The van der Waals surface area contributed by atoms with E-state index in [0.717, 1.165) is 98.8 Å². The van der Waals surface area contributed by atoms with Crippen LogP contribution in [0.2, 0.25) is 0 Å². The number of esters is 1. The predicted molar refractivity (Wildman–Crippen MR) is 405 cm³/mol. The van der Waals surface area contributed by atoms with Gasteiger partial charge in [-0.15, -0.1) is 0 Å². The lowest BCUT2D eigenvalue weighted by Gasteiger charge is -2.28. The highest BCUT2D eigenvalue weighted by molar-refractivity contribution is 5.92. The van der Waals surface area contributed by atoms with Gasteiger partial charge in [0.05, 0.1) is 13.7 Å². The second kappa shape index (κ2) is 38.3. The molecule has 0 aliphatic carbocycles. The standard InChI is InChI=1S/C30H45NO3.C29H41NO5.C24H33NO3.CH3/c1-6-7-8-9-10-17-34-28-14-12-27(13-15-28)31-29(32)16-11-24-20-25(18-22(2)3)30(33)26(21-24)19-23(4)5;1-27(2,3)22-16-19(17-23(26(22)33)28(4,5)6)10-15-24(31)30-20-11-13-21(14-12-20)34-18-25(32)35-29(7,8)9;1-23(2,3)19-14-16(15-20(22(19)27)24(4,5)6)8-13-21(26)25-17-9-11-18(28-7)12-10-17;/h12-15,20-23,33H,6-11,16-19H2,1-5H3,(H,31,32);11-14,16-17,33H,10,15,18H2,1-9H3,(H,30,31);9-12,14-15,27H,8,13H2,1-7H3,(H,25,26);1H3/q;;;+1. The fourth-order valence-electron chi connectivity index (χ4n) is 10.9. The summed E-state index contributed by atoms with van der Waals surface area (Å²) >= 11 is 0. The quantitative estimate of drug-likeness (QED) is 0.0163. The van der Waals surface area contributed by atoms with Gasteiger partial charge in [0, 0.05) is 43.8 Å². The molecule has 6 aromatic carbocycles. The Morgan fingerprint density at radius 1 is 0.429 bits per heavy atom. The maximum Gasteiger partial charge on any atom is 0.344 e. The van der Waals surface area contributed by atoms with Crippen molar-refractivity contribution in [1.29, 1.82) is 0 Å². The molecule has 14 heteroatoms. The highest BCUT2D eigenvalue weighted by Crippen LogP contribution is 2.42. The zero-order valence-electron chi connectivity index (χ0n) is 63.8. The molecule has 0 atom stereocenters. The highest BCUT2D eigenvalue weighted by Gasteiger charge is 2.29. The number of carbonyl (C=O) groups is 4. The number of ether oxygens (including phenoxy) is 4. The summed E-state index contributed by atoms with van der Waals surface area (Å²) in [6.45, 7) is 41.8. The van der Waals surface area contributed by atoms with Crippen molar-refractivity contribution in [2.75, 3.05) is 36.3 Å². The Bertz CT molecular complexity index is 3360. The molecule has 0 aliphatic heterocycles. The molecule has 14 nitrogen and oxygen atoms in total. The lowest BCUT2D eigenvalue weighted by Crippen LogP contribution is -2.27. The van der Waals surface area contributed by atoms with Crippen LogP contribution in [0.25, 0.3) is 0 Å². The van der Waals surface area contributed by atoms with Gasteiger partial charge >= 0.3 is 5.97 Å². The molecule has 538 valence electrons. The van der Waals surface area contributed by atoms with E-state index in [9.17, 15) is 34.5 Å². The molecule has 98 heavy (non-hydrogen) atoms. The number of rotatable bonds is 27. The first-order valence-corrected chi connectivity index (χ1v) is 34.9. The number of nitrogens with one attached hydrogen (secondary N) is 3. The molecule has 0 radical (unpaired) electrons. The third-order valence-electron chi connectivity index (χ3n) is 16.0. The van der Waals surface area contributed by atoms with E-state index in [2.05, 4.69) is 146 Å². The zero-order valence-corrected chi connectivity index (χ0v) is 63.8. The summed E-state index contributed by atoms with van der Waals surface area (Å²) in [4.78, 5) is 49.3. The van der Waals surface area contributed by atoms with E-state index in [1.807, 2.05) is 72.8 Å². The molecule has 0 aliphatic rings. The minimum absolute atomic E-state index is 0. The van der Waals surface area contributed by atoms with Gasteiger partial charge < -0.3 is 50.2 Å². The van der Waals surface area contributed by atoms with Gasteiger partial charge in [-0.25, -0.2) is 4.79 Å². The first-order chi connectivity index (χ1) is 45.1. The van der Waals surface area contributed by atoms with Crippen molar-refractivity contribution in [2.24, 2.45) is 11.8 Å². The van der Waals surface area contributed by atoms with Gasteiger partial charge in [-0.3, -0.25) is 14.4 Å². The summed E-state index contributed by atoms with van der Waals surface area (Å²) < 4.78 is 21.6. The van der Waals surface area contributed by atoms with Crippen LogP contribution in [0.1, 0.15) is 240 Å². The van der Waals surface area contributed by atoms with Crippen molar-refractivity contribution in [1.82, 2.24) is 0 Å². The molecule has 0 fully saturated rings. The molecule has 3 amide bonds. The molecular weight excluding hydrogens is 1230 g/mol. The molecule has 0 aromatic heterocycles. The normalized spacial score (nSPS) is 11.7. The summed E-state index contributed by atoms with van der Waals surface area (Å²) in [5, 5.41) is 41.2. The molecule has 0 heterocycles. The van der Waals surface area contributed by atoms with Crippen LogP contribution in [0.3, 0.4) is 0 Å². The number of amides is 3. The topological polar surface area (TPSA) is 202 Å². The van der Waals surface area contributed by atoms with Crippen LogP contribution >= 0.6 is 0 Å². The number of carbonyl (C=O) groups excluding carboxylic acids is 4. The molecule has 6 aromatic rings. The van der Waals surface area contributed by atoms with Gasteiger partial charge in [0.15, 0.2) is 6.61 Å². The van der Waals surface area contributed by atoms with Crippen molar-refractivity contribution in [2.45, 2.75) is 249 Å². The number of phenols is 3. The molecule has 0 bridgehead atoms. The Morgan fingerprint density at radius 3 is 1.05 bits per heavy atom. The maximum atomic E-state index is 12.6. The van der Waals surface area contributed by atoms with Crippen LogP contribution < -0.4 is 30.2 Å². The average Bonchev–Trinajstić information content (AvgIpc) is 0.792. The Balaban J connectivity index is 0.000000383. The minimum atomic E-state index is -0.558. The molecule has 6 rings (SSSR count). The van der Waals surface area contributed by atoms with E-state index in [1.165, 1.54) is 25.7 Å². The molecule has 0 spiro atoms. The number of anilines is 3. The number of hydrogen-bond donors (Lipinski definition) is 6. The molecule has 0 unspecified atom stereocenters. The van der Waals surface area contributed by atoms with E-state index in [0.29, 0.717) is 79.0 Å². The number of aromatic hydroxyl groups is 3. The van der Waals surface area contributed by atoms with Crippen LogP contribution in [-0.4, -0.2) is 64.9 Å². The highest BCUT2D eigenvalue weighted by atomic mass is 16.6. The smallest absolute Gasteiger partial charge is 0.344 e. The van der Waals surface area contributed by atoms with Crippen LogP contribution in [0.4, 0.5) is 17.1 Å². The van der Waals surface area contributed by atoms with Crippen molar-refractivity contribution in [3.05, 3.63) is 167 Å². The number of unbranched alkanes of at least 4 members (excludes halogenated alkanes) is 4. The van der Waals surface area contributed by atoms with Gasteiger partial charge in [0.2, 0.25) is 17.7 Å². The second-order valence-electron chi connectivity index (χ2n) is 31.6. The lowest BCUT2D eigenvalue weighted by molar-refractivity contribution is -0.157. The number of phenolic OH excluding ortho intramolecular Hbond substituents is 3. The fourth-order valence-corrected chi connectivity index (χ4v) is 10.9. The van der Waals surface area contributed by atoms with Crippen LogP contribution in [0.15, 0.2) is 109 Å². The minimum Gasteiger partial charge on any atom is -0.507 e. The molecular formula is C84H122N3O11+. The van der Waals surface area contributed by atoms with E-state index < -0.39 is 11.6 Å². The zero-order chi connectivity index (χ0) is 72.6. The van der Waals surface area contributed by atoms with Crippen LogP contribution in [-0.2, 0) is 77.7 Å². The first kappa shape index (κ1) is 84.1. The van der Waals surface area contributed by atoms with E-state index >= 15 is 0 Å². The average molecular weight is 1350 g/mol. The third kappa shape index (κ3) is 29.9. The summed E-state index contributed by atoms with van der Waals surface area (Å²) in [6.07, 6.45) is 10.7. The Kier molecular flexibility index (Phi) is 32.9. The number of methoxy groups -OCH3 is 1. The number of hydrogen-bond acceptors (Lipinski definition) is 11. The van der Waals surface area contributed by atoms with Crippen LogP contribution in [0, 0.1) is 19.3 Å². The SMILES string of the molecule is CC(C)(C)OC(=O)COc1ccc(NC(=O)CCc2cc(C(C)(C)C)c(O)c(C(C)(C)C)c2)cc1.CCCCCCCOc1ccc(NC(=O)CCc2cc(CC(C)C)c(O)c(CC(C)C)c2)cc1.COc1ccc(NC(=O)CCc2cc(C(C)(C)C)c(O)c(C(C)(C)C)c2)cc1.[CH3+]. The summed E-state index contributed by atoms with van der Waals surface area (Å²) in [5.41, 5.74) is 9.66. The van der Waals surface area contributed by atoms with E-state index in [-0.39, 0.29) is 53.4 Å². The van der Waals surface area contributed by atoms with Gasteiger partial charge in [0.1, 0.15) is 40.1 Å².